The van der Waals surface area contributed by atoms with Gasteiger partial charge in [0.1, 0.15) is 17.5 Å². The number of rotatable bonds is 9. The van der Waals surface area contributed by atoms with Gasteiger partial charge in [-0.05, 0) is 13.3 Å². The van der Waals surface area contributed by atoms with Crippen molar-refractivity contribution >= 4 is 27.6 Å². The lowest BCUT2D eigenvalue weighted by atomic mass is 10.2. The Morgan fingerprint density at radius 3 is 2.67 bits per heavy atom. The van der Waals surface area contributed by atoms with Crippen molar-refractivity contribution < 1.29 is 22.6 Å². The predicted molar refractivity (Wildman–Crippen MR) is 109 cm³/mol. The zero-order valence-corrected chi connectivity index (χ0v) is 18.6. The minimum atomic E-state index is -3.92. The van der Waals surface area contributed by atoms with Gasteiger partial charge in [-0.25, -0.2) is 18.4 Å². The van der Waals surface area contributed by atoms with Gasteiger partial charge in [0.05, 0.1) is 24.8 Å². The van der Waals surface area contributed by atoms with Crippen LogP contribution in [-0.4, -0.2) is 65.3 Å². The summed E-state index contributed by atoms with van der Waals surface area (Å²) in [6, 6.07) is 0. The van der Waals surface area contributed by atoms with E-state index in [1.54, 1.807) is 4.57 Å². The topological polar surface area (TPSA) is 130 Å². The number of halogens is 1. The van der Waals surface area contributed by atoms with Crippen molar-refractivity contribution in [1.29, 1.82) is 0 Å². The highest BCUT2D eigenvalue weighted by Gasteiger charge is 2.34. The molecule has 1 fully saturated rings. The Kier molecular flexibility index (Phi) is 7.58. The normalized spacial score (nSPS) is 19.4. The second-order valence-electron chi connectivity index (χ2n) is 6.74. The van der Waals surface area contributed by atoms with Crippen molar-refractivity contribution in [3.63, 3.8) is 0 Å². The first-order valence-corrected chi connectivity index (χ1v) is 11.4. The molecule has 2 aromatic heterocycles. The highest BCUT2D eigenvalue weighted by atomic mass is 35.5. The van der Waals surface area contributed by atoms with Gasteiger partial charge in [0, 0.05) is 26.0 Å². The van der Waals surface area contributed by atoms with Gasteiger partial charge in [0.2, 0.25) is 16.0 Å². The van der Waals surface area contributed by atoms with Crippen LogP contribution in [0.3, 0.4) is 0 Å². The fourth-order valence-electron chi connectivity index (χ4n) is 3.07. The molecule has 0 spiro atoms. The molecule has 11 nitrogen and oxygen atoms in total. The molecule has 1 N–H and O–H groups in total. The fourth-order valence-corrected chi connectivity index (χ4v) is 4.32. The monoisotopic (exact) mass is 460 g/mol. The molecule has 0 saturated carbocycles. The van der Waals surface area contributed by atoms with Gasteiger partial charge in [-0.1, -0.05) is 18.5 Å². The van der Waals surface area contributed by atoms with Crippen LogP contribution in [0.25, 0.3) is 0 Å². The van der Waals surface area contributed by atoms with Gasteiger partial charge in [-0.2, -0.15) is 0 Å². The first kappa shape index (κ1) is 22.8. The van der Waals surface area contributed by atoms with Crippen LogP contribution in [0, 0.1) is 0 Å². The van der Waals surface area contributed by atoms with Crippen LogP contribution in [0.2, 0.25) is 5.02 Å². The molecule has 3 atom stereocenters. The van der Waals surface area contributed by atoms with Crippen LogP contribution in [0.1, 0.15) is 44.1 Å². The smallest absolute Gasteiger partial charge is 0.240 e. The van der Waals surface area contributed by atoms with Crippen molar-refractivity contribution in [2.75, 3.05) is 31.7 Å². The number of nitrogens with zero attached hydrogens (tertiary/aromatic N) is 5. The third-order valence-electron chi connectivity index (χ3n) is 4.63. The summed E-state index contributed by atoms with van der Waals surface area (Å²) in [6.07, 6.45) is 2.22. The Morgan fingerprint density at radius 2 is 2.07 bits per heavy atom. The van der Waals surface area contributed by atoms with Crippen LogP contribution in [0.5, 0.6) is 0 Å². The summed E-state index contributed by atoms with van der Waals surface area (Å²) in [6.45, 7) is 5.29. The summed E-state index contributed by atoms with van der Waals surface area (Å²) in [5.74, 6) is 0.842. The van der Waals surface area contributed by atoms with E-state index in [9.17, 15) is 8.42 Å². The van der Waals surface area contributed by atoms with Crippen LogP contribution < -0.4 is 4.72 Å². The van der Waals surface area contributed by atoms with E-state index < -0.39 is 27.5 Å². The van der Waals surface area contributed by atoms with Crippen molar-refractivity contribution in [2.45, 2.75) is 44.3 Å². The fraction of sp³-hybridized carbons (Fsp3) is 0.647. The van der Waals surface area contributed by atoms with Crippen LogP contribution in [-0.2, 0) is 30.8 Å². The number of sulfonamides is 1. The average Bonchev–Trinajstić information content (AvgIpc) is 3.12. The zero-order chi connectivity index (χ0) is 21.7. The second-order valence-corrected chi connectivity index (χ2v) is 9.21. The largest absolute Gasteiger partial charge is 0.376 e. The van der Waals surface area contributed by atoms with Gasteiger partial charge >= 0.3 is 0 Å². The molecule has 13 heteroatoms. The molecule has 30 heavy (non-hydrogen) atoms. The molecule has 0 aromatic carbocycles. The molecule has 1 aliphatic rings. The lowest BCUT2D eigenvalue weighted by molar-refractivity contribution is -0.0947. The van der Waals surface area contributed by atoms with E-state index in [4.69, 9.17) is 25.8 Å². The number of anilines is 1. The quantitative estimate of drug-likeness (QED) is 0.594. The Bertz CT molecular complexity index is 933. The number of methoxy groups -OCH3 is 1. The number of ether oxygens (including phenoxy) is 3. The lowest BCUT2D eigenvalue weighted by Crippen LogP contribution is -2.33. The second kappa shape index (κ2) is 9.96. The van der Waals surface area contributed by atoms with Gasteiger partial charge in [0.15, 0.2) is 11.6 Å². The summed E-state index contributed by atoms with van der Waals surface area (Å²) < 4.78 is 46.9. The number of nitrogens with one attached hydrogen (secondary N) is 1. The zero-order valence-electron chi connectivity index (χ0n) is 17.0. The predicted octanol–water partition coefficient (Wildman–Crippen LogP) is 1.74. The van der Waals surface area contributed by atoms with Gasteiger partial charge in [-0.3, -0.25) is 9.29 Å². The van der Waals surface area contributed by atoms with Gasteiger partial charge in [-0.15, -0.1) is 10.2 Å². The molecule has 1 aliphatic heterocycles. The van der Waals surface area contributed by atoms with Gasteiger partial charge in [0.25, 0.3) is 0 Å². The Balaban J connectivity index is 1.84. The van der Waals surface area contributed by atoms with Crippen LogP contribution in [0.15, 0.2) is 12.4 Å². The van der Waals surface area contributed by atoms with E-state index in [1.807, 2.05) is 6.92 Å². The summed E-state index contributed by atoms with van der Waals surface area (Å²) in [5, 5.41) is 7.51. The molecule has 0 amide bonds. The molecule has 2 aromatic rings. The van der Waals surface area contributed by atoms with Crippen molar-refractivity contribution in [2.24, 2.45) is 0 Å². The molecule has 0 bridgehead atoms. The summed E-state index contributed by atoms with van der Waals surface area (Å²) in [5.41, 5.74) is 0. The standard InChI is InChI=1S/C17H25ClN6O5S/c1-4-5-24-16(13-10-28-6-7-29-13)21-22-17(24)23-30(25,26)11(2)14(27-3)15-19-8-12(18)9-20-15/h8-9,11,13-14H,4-7,10H2,1-3H3,(H,22,23)/t11-,13+,14-/m0/s1. The van der Waals surface area contributed by atoms with E-state index in [1.165, 1.54) is 26.4 Å². The third kappa shape index (κ3) is 5.06. The maximum atomic E-state index is 13.1. The maximum Gasteiger partial charge on any atom is 0.240 e. The molecular weight excluding hydrogens is 436 g/mol. The maximum absolute atomic E-state index is 13.1. The minimum absolute atomic E-state index is 0.111. The highest BCUT2D eigenvalue weighted by molar-refractivity contribution is 7.93. The SMILES string of the molecule is CCCn1c(NS(=O)(=O)[C@@H](C)[C@H](OC)c2ncc(Cl)cn2)nnc1[C@H]1COCCO1. The summed E-state index contributed by atoms with van der Waals surface area (Å²) in [4.78, 5) is 8.16. The van der Waals surface area contributed by atoms with E-state index in [-0.39, 0.29) is 11.8 Å². The summed E-state index contributed by atoms with van der Waals surface area (Å²) >= 11 is 5.82. The molecule has 1 saturated heterocycles. The molecule has 0 unspecified atom stereocenters. The minimum Gasteiger partial charge on any atom is -0.376 e. The van der Waals surface area contributed by atoms with E-state index in [0.29, 0.717) is 37.2 Å². The van der Waals surface area contributed by atoms with Crippen molar-refractivity contribution in [3.05, 3.63) is 29.1 Å². The number of hydrogen-bond donors (Lipinski definition) is 1. The molecule has 3 rings (SSSR count). The summed E-state index contributed by atoms with van der Waals surface area (Å²) in [7, 11) is -2.53. The molecular formula is C17H25ClN6O5S. The number of hydrogen-bond acceptors (Lipinski definition) is 9. The molecule has 0 aliphatic carbocycles. The molecule has 0 radical (unpaired) electrons. The Hall–Kier alpha value is -1.86. The first-order chi connectivity index (χ1) is 14.4. The van der Waals surface area contributed by atoms with E-state index in [0.717, 1.165) is 6.42 Å². The Labute approximate surface area is 180 Å². The highest BCUT2D eigenvalue weighted by Crippen LogP contribution is 2.26. The van der Waals surface area contributed by atoms with Crippen LogP contribution >= 0.6 is 11.6 Å². The van der Waals surface area contributed by atoms with Gasteiger partial charge < -0.3 is 14.2 Å². The molecule has 166 valence electrons. The van der Waals surface area contributed by atoms with Crippen molar-refractivity contribution in [1.82, 2.24) is 24.7 Å². The third-order valence-corrected chi connectivity index (χ3v) is 6.52. The Morgan fingerprint density at radius 1 is 1.33 bits per heavy atom. The van der Waals surface area contributed by atoms with Crippen LogP contribution in [0.4, 0.5) is 5.95 Å². The first-order valence-electron chi connectivity index (χ1n) is 9.51. The van der Waals surface area contributed by atoms with E-state index in [2.05, 4.69) is 24.9 Å². The number of aromatic nitrogens is 5. The van der Waals surface area contributed by atoms with Crippen molar-refractivity contribution in [3.8, 4) is 0 Å². The lowest BCUT2D eigenvalue weighted by Gasteiger charge is -2.24. The average molecular weight is 461 g/mol. The van der Waals surface area contributed by atoms with E-state index >= 15 is 0 Å². The molecule has 3 heterocycles.